The Morgan fingerprint density at radius 3 is 2.67 bits per heavy atom. The molecule has 4 atom stereocenters. The minimum absolute atomic E-state index is 0.378. The van der Waals surface area contributed by atoms with Crippen molar-refractivity contribution < 1.29 is 4.79 Å². The van der Waals surface area contributed by atoms with Gasteiger partial charge < -0.3 is 0 Å². The van der Waals surface area contributed by atoms with Crippen LogP contribution in [0.15, 0.2) is 0 Å². The van der Waals surface area contributed by atoms with E-state index in [1.54, 1.807) is 6.92 Å². The Labute approximate surface area is 93.6 Å². The van der Waals surface area contributed by atoms with Crippen LogP contribution in [0.1, 0.15) is 59.3 Å². The summed E-state index contributed by atoms with van der Waals surface area (Å²) in [4.78, 5) is 11.5. The molecule has 0 aromatic heterocycles. The predicted octanol–water partition coefficient (Wildman–Crippen LogP) is 3.82. The molecule has 0 N–H and O–H groups in total. The quantitative estimate of drug-likeness (QED) is 0.640. The fraction of sp³-hybridized carbons (Fsp3) is 0.929. The zero-order valence-corrected chi connectivity index (χ0v) is 10.4. The third-order valence-electron chi connectivity index (χ3n) is 5.17. The Morgan fingerprint density at radius 2 is 2.00 bits per heavy atom. The van der Waals surface area contributed by atoms with E-state index < -0.39 is 0 Å². The van der Waals surface area contributed by atoms with Crippen molar-refractivity contribution in [1.82, 2.24) is 0 Å². The second kappa shape index (κ2) is 3.92. The molecule has 0 saturated heterocycles. The highest BCUT2D eigenvalue weighted by Crippen LogP contribution is 2.53. The molecule has 86 valence electrons. The minimum atomic E-state index is 0.378. The molecule has 0 amide bonds. The van der Waals surface area contributed by atoms with Crippen LogP contribution in [0.5, 0.6) is 0 Å². The Kier molecular flexibility index (Phi) is 2.92. The van der Waals surface area contributed by atoms with E-state index in [2.05, 4.69) is 13.8 Å². The Balaban J connectivity index is 2.12. The van der Waals surface area contributed by atoms with E-state index in [0.717, 1.165) is 18.3 Å². The molecule has 0 spiro atoms. The van der Waals surface area contributed by atoms with Gasteiger partial charge in [-0.2, -0.15) is 0 Å². The number of ketones is 1. The zero-order chi connectivity index (χ0) is 11.1. The normalized spacial score (nSPS) is 45.9. The lowest BCUT2D eigenvalue weighted by molar-refractivity contribution is -0.124. The van der Waals surface area contributed by atoms with Crippen molar-refractivity contribution in [2.75, 3.05) is 0 Å². The fourth-order valence-corrected chi connectivity index (χ4v) is 4.03. The van der Waals surface area contributed by atoms with Crippen LogP contribution in [-0.4, -0.2) is 5.78 Å². The molecule has 0 aromatic rings. The van der Waals surface area contributed by atoms with Crippen molar-refractivity contribution in [2.45, 2.75) is 59.3 Å². The molecule has 0 heterocycles. The van der Waals surface area contributed by atoms with Gasteiger partial charge in [-0.25, -0.2) is 0 Å². The van der Waals surface area contributed by atoms with E-state index in [1.165, 1.54) is 32.1 Å². The van der Waals surface area contributed by atoms with E-state index in [4.69, 9.17) is 0 Å². The van der Waals surface area contributed by atoms with Gasteiger partial charge in [-0.05, 0) is 49.9 Å². The van der Waals surface area contributed by atoms with Crippen molar-refractivity contribution in [1.29, 1.82) is 0 Å². The number of rotatable bonds is 1. The molecule has 0 radical (unpaired) electrons. The van der Waals surface area contributed by atoms with Gasteiger partial charge in [0.25, 0.3) is 0 Å². The lowest BCUT2D eigenvalue weighted by Crippen LogP contribution is -2.42. The van der Waals surface area contributed by atoms with Crippen LogP contribution >= 0.6 is 0 Å². The van der Waals surface area contributed by atoms with Crippen LogP contribution in [0.4, 0.5) is 0 Å². The molecule has 2 rings (SSSR count). The van der Waals surface area contributed by atoms with Crippen LogP contribution in [0.2, 0.25) is 0 Å². The van der Waals surface area contributed by atoms with E-state index in [1.807, 2.05) is 0 Å². The summed E-state index contributed by atoms with van der Waals surface area (Å²) in [5.74, 6) is 2.46. The van der Waals surface area contributed by atoms with E-state index in [9.17, 15) is 4.79 Å². The molecule has 2 aliphatic carbocycles. The first-order chi connectivity index (χ1) is 7.03. The van der Waals surface area contributed by atoms with Gasteiger partial charge in [-0.3, -0.25) is 4.79 Å². The molecule has 0 aromatic carbocycles. The molecular weight excluding hydrogens is 184 g/mol. The Hall–Kier alpha value is -0.330. The Bertz CT molecular complexity index is 258. The zero-order valence-electron chi connectivity index (χ0n) is 10.4. The van der Waals surface area contributed by atoms with Crippen molar-refractivity contribution in [2.24, 2.45) is 23.2 Å². The topological polar surface area (TPSA) is 17.1 Å². The molecule has 2 aliphatic rings. The van der Waals surface area contributed by atoms with Crippen LogP contribution in [0, 0.1) is 23.2 Å². The highest BCUT2D eigenvalue weighted by molar-refractivity contribution is 5.78. The second-order valence-corrected chi connectivity index (χ2v) is 6.21. The smallest absolute Gasteiger partial charge is 0.132 e. The molecule has 0 aliphatic heterocycles. The molecule has 1 nitrogen and oxygen atoms in total. The molecule has 0 bridgehead atoms. The van der Waals surface area contributed by atoms with Crippen molar-refractivity contribution >= 4 is 5.78 Å². The summed E-state index contributed by atoms with van der Waals surface area (Å²) in [7, 11) is 0. The van der Waals surface area contributed by atoms with Gasteiger partial charge in [0.2, 0.25) is 0 Å². The summed E-state index contributed by atoms with van der Waals surface area (Å²) in [6, 6.07) is 0. The van der Waals surface area contributed by atoms with Gasteiger partial charge in [0.1, 0.15) is 5.78 Å². The average molecular weight is 208 g/mol. The molecule has 1 heteroatoms. The average Bonchev–Trinajstić information content (AvgIpc) is 2.17. The van der Waals surface area contributed by atoms with Gasteiger partial charge in [0.15, 0.2) is 0 Å². The first-order valence-corrected chi connectivity index (χ1v) is 6.53. The number of hydrogen-bond acceptors (Lipinski definition) is 1. The highest BCUT2D eigenvalue weighted by atomic mass is 16.1. The molecular formula is C14H24O. The number of hydrogen-bond donors (Lipinski definition) is 0. The van der Waals surface area contributed by atoms with Gasteiger partial charge in [0, 0.05) is 5.92 Å². The van der Waals surface area contributed by atoms with Crippen LogP contribution < -0.4 is 0 Å². The van der Waals surface area contributed by atoms with Crippen molar-refractivity contribution in [3.05, 3.63) is 0 Å². The minimum Gasteiger partial charge on any atom is -0.300 e. The lowest BCUT2D eigenvalue weighted by Gasteiger charge is -2.50. The lowest BCUT2D eigenvalue weighted by atomic mass is 9.55. The van der Waals surface area contributed by atoms with Crippen molar-refractivity contribution in [3.63, 3.8) is 0 Å². The largest absolute Gasteiger partial charge is 0.300 e. The maximum Gasteiger partial charge on any atom is 0.132 e. The first-order valence-electron chi connectivity index (χ1n) is 6.53. The molecule has 0 unspecified atom stereocenters. The molecule has 2 fully saturated rings. The number of carbonyl (C=O) groups excluding carboxylic acids is 1. The Morgan fingerprint density at radius 1 is 1.27 bits per heavy atom. The van der Waals surface area contributed by atoms with Crippen molar-refractivity contribution in [3.8, 4) is 0 Å². The predicted molar refractivity (Wildman–Crippen MR) is 62.6 cm³/mol. The number of carbonyl (C=O) groups is 1. The fourth-order valence-electron chi connectivity index (χ4n) is 4.03. The first kappa shape index (κ1) is 11.2. The summed E-state index contributed by atoms with van der Waals surface area (Å²) < 4.78 is 0. The van der Waals surface area contributed by atoms with E-state index >= 15 is 0 Å². The van der Waals surface area contributed by atoms with Crippen LogP contribution in [0.3, 0.4) is 0 Å². The number of fused-ring (bicyclic) bond motifs is 1. The van der Waals surface area contributed by atoms with Gasteiger partial charge in [-0.1, -0.05) is 26.7 Å². The van der Waals surface area contributed by atoms with Crippen LogP contribution in [-0.2, 0) is 4.79 Å². The van der Waals surface area contributed by atoms with Gasteiger partial charge in [0.05, 0.1) is 0 Å². The van der Waals surface area contributed by atoms with Gasteiger partial charge in [-0.15, -0.1) is 0 Å². The summed E-state index contributed by atoms with van der Waals surface area (Å²) in [6.07, 6.45) is 7.78. The van der Waals surface area contributed by atoms with E-state index in [0.29, 0.717) is 17.1 Å². The summed E-state index contributed by atoms with van der Waals surface area (Å²) in [5.41, 5.74) is 0.559. The maximum absolute atomic E-state index is 11.5. The second-order valence-electron chi connectivity index (χ2n) is 6.21. The van der Waals surface area contributed by atoms with Crippen LogP contribution in [0.25, 0.3) is 0 Å². The number of Topliss-reactive ketones (excluding diaryl/α,β-unsaturated/α-hetero) is 1. The third kappa shape index (κ3) is 1.98. The van der Waals surface area contributed by atoms with E-state index in [-0.39, 0.29) is 0 Å². The molecule has 2 saturated carbocycles. The molecule has 15 heavy (non-hydrogen) atoms. The monoisotopic (exact) mass is 208 g/mol. The van der Waals surface area contributed by atoms with Gasteiger partial charge >= 0.3 is 0 Å². The summed E-state index contributed by atoms with van der Waals surface area (Å²) >= 11 is 0. The third-order valence-corrected chi connectivity index (χ3v) is 5.17. The SMILES string of the molecule is CC(=O)[C@@H]1CC[C@@]2(C)CCC[C@H](C)[C@@H]2C1. The summed E-state index contributed by atoms with van der Waals surface area (Å²) in [6.45, 7) is 6.63. The highest BCUT2D eigenvalue weighted by Gasteiger charge is 2.44. The maximum atomic E-state index is 11.5. The standard InChI is InChI=1S/C14H24O/c1-10-5-4-7-14(3)8-6-12(11(2)15)9-13(10)14/h10,12-13H,4-9H2,1-3H3/t10-,12+,13-,14+/m0/s1. The summed E-state index contributed by atoms with van der Waals surface area (Å²) in [5, 5.41) is 0.